The molecule has 0 bridgehead atoms. The van der Waals surface area contributed by atoms with Crippen molar-refractivity contribution < 1.29 is 4.79 Å². The van der Waals surface area contributed by atoms with E-state index in [-0.39, 0.29) is 18.3 Å². The monoisotopic (exact) mass is 330 g/mol. The Hall–Kier alpha value is -0.770. The molecule has 1 unspecified atom stereocenters. The molecule has 1 aliphatic rings. The predicted octanol–water partition coefficient (Wildman–Crippen LogP) is 3.25. The molecule has 0 saturated carbocycles. The van der Waals surface area contributed by atoms with Crippen molar-refractivity contribution in [3.8, 4) is 0 Å². The molecular weight excluding hydrogens is 307 g/mol. The normalized spacial score (nSPS) is 19.0. The summed E-state index contributed by atoms with van der Waals surface area (Å²) in [4.78, 5) is 14.8. The number of piperidine rings is 1. The van der Waals surface area contributed by atoms with Crippen molar-refractivity contribution in [2.24, 2.45) is 0 Å². The second-order valence-electron chi connectivity index (χ2n) is 6.01. The Labute approximate surface area is 138 Å². The number of likely N-dealkylation sites (tertiary alicyclic amines) is 1. The number of halogens is 2. The van der Waals surface area contributed by atoms with E-state index in [1.54, 1.807) is 0 Å². The summed E-state index contributed by atoms with van der Waals surface area (Å²) in [6.45, 7) is 5.63. The van der Waals surface area contributed by atoms with Crippen LogP contribution in [0.1, 0.15) is 32.3 Å². The van der Waals surface area contributed by atoms with Gasteiger partial charge in [-0.3, -0.25) is 4.79 Å². The Morgan fingerprint density at radius 1 is 1.33 bits per heavy atom. The summed E-state index contributed by atoms with van der Waals surface area (Å²) in [6.07, 6.45) is 2.20. The third-order valence-electron chi connectivity index (χ3n) is 4.22. The zero-order chi connectivity index (χ0) is 14.8. The van der Waals surface area contributed by atoms with Crippen LogP contribution in [0.3, 0.4) is 0 Å². The van der Waals surface area contributed by atoms with E-state index in [2.05, 4.69) is 5.32 Å². The molecule has 1 saturated heterocycles. The summed E-state index contributed by atoms with van der Waals surface area (Å²) in [5.74, 6) is 0.194. The standard InChI is InChI=1S/C16H23ClN2O.ClH/c1-16(2,12-6-8-13(17)9-7-12)15(20)19-10-4-5-14(11-19)18-3;/h6-9,14,18H,4-5,10-11H2,1-3H3;1H. The Balaban J connectivity index is 0.00000220. The van der Waals surface area contributed by atoms with Crippen molar-refractivity contribution in [2.45, 2.75) is 38.1 Å². The zero-order valence-corrected chi connectivity index (χ0v) is 14.4. The van der Waals surface area contributed by atoms with Crippen LogP contribution in [0, 0.1) is 0 Å². The molecule has 1 fully saturated rings. The minimum Gasteiger partial charge on any atom is -0.340 e. The van der Waals surface area contributed by atoms with Gasteiger partial charge in [-0.2, -0.15) is 0 Å². The quantitative estimate of drug-likeness (QED) is 0.922. The number of hydrogen-bond donors (Lipinski definition) is 1. The van der Waals surface area contributed by atoms with Crippen molar-refractivity contribution >= 4 is 29.9 Å². The van der Waals surface area contributed by atoms with Crippen LogP contribution < -0.4 is 5.32 Å². The fraction of sp³-hybridized carbons (Fsp3) is 0.562. The fourth-order valence-electron chi connectivity index (χ4n) is 2.78. The van der Waals surface area contributed by atoms with Gasteiger partial charge >= 0.3 is 0 Å². The lowest BCUT2D eigenvalue weighted by molar-refractivity contribution is -0.137. The second kappa shape index (κ2) is 7.48. The molecule has 1 aromatic rings. The molecule has 5 heteroatoms. The van der Waals surface area contributed by atoms with E-state index in [4.69, 9.17) is 11.6 Å². The molecule has 1 aliphatic heterocycles. The molecule has 1 N–H and O–H groups in total. The van der Waals surface area contributed by atoms with Gasteiger partial charge in [-0.1, -0.05) is 23.7 Å². The lowest BCUT2D eigenvalue weighted by atomic mass is 9.82. The van der Waals surface area contributed by atoms with Gasteiger partial charge in [0.05, 0.1) is 5.41 Å². The average Bonchev–Trinajstić information content (AvgIpc) is 2.47. The maximum absolute atomic E-state index is 12.8. The molecule has 1 amide bonds. The van der Waals surface area contributed by atoms with Gasteiger partial charge in [0.1, 0.15) is 0 Å². The van der Waals surface area contributed by atoms with E-state index in [0.717, 1.165) is 31.5 Å². The maximum atomic E-state index is 12.8. The van der Waals surface area contributed by atoms with Gasteiger partial charge in [0, 0.05) is 24.2 Å². The summed E-state index contributed by atoms with van der Waals surface area (Å²) in [7, 11) is 1.96. The average molecular weight is 331 g/mol. The number of rotatable bonds is 3. The maximum Gasteiger partial charge on any atom is 0.232 e. The molecule has 1 aromatic carbocycles. The number of likely N-dealkylation sites (N-methyl/N-ethyl adjacent to an activating group) is 1. The van der Waals surface area contributed by atoms with Crippen LogP contribution in [-0.2, 0) is 10.2 Å². The van der Waals surface area contributed by atoms with Crippen molar-refractivity contribution in [3.63, 3.8) is 0 Å². The summed E-state index contributed by atoms with van der Waals surface area (Å²) >= 11 is 5.92. The molecular formula is C16H24Cl2N2O. The van der Waals surface area contributed by atoms with Gasteiger partial charge in [-0.05, 0) is 51.4 Å². The highest BCUT2D eigenvalue weighted by atomic mass is 35.5. The highest BCUT2D eigenvalue weighted by molar-refractivity contribution is 6.30. The first-order chi connectivity index (χ1) is 9.45. The molecule has 0 aliphatic carbocycles. The molecule has 0 aromatic heterocycles. The number of amides is 1. The highest BCUT2D eigenvalue weighted by Gasteiger charge is 2.35. The minimum absolute atomic E-state index is 0. The number of carbonyl (C=O) groups is 1. The largest absolute Gasteiger partial charge is 0.340 e. The Morgan fingerprint density at radius 3 is 2.52 bits per heavy atom. The summed E-state index contributed by atoms with van der Waals surface area (Å²) < 4.78 is 0. The molecule has 3 nitrogen and oxygen atoms in total. The van der Waals surface area contributed by atoms with E-state index in [1.807, 2.05) is 50.1 Å². The van der Waals surface area contributed by atoms with Crippen molar-refractivity contribution in [1.82, 2.24) is 10.2 Å². The molecule has 2 rings (SSSR count). The third-order valence-corrected chi connectivity index (χ3v) is 4.47. The zero-order valence-electron chi connectivity index (χ0n) is 12.9. The Morgan fingerprint density at radius 2 is 1.95 bits per heavy atom. The van der Waals surface area contributed by atoms with E-state index in [1.165, 1.54) is 0 Å². The van der Waals surface area contributed by atoms with Crippen LogP contribution in [0.2, 0.25) is 5.02 Å². The predicted molar refractivity (Wildman–Crippen MR) is 90.4 cm³/mol. The highest BCUT2D eigenvalue weighted by Crippen LogP contribution is 2.28. The summed E-state index contributed by atoms with van der Waals surface area (Å²) in [6, 6.07) is 7.99. The van der Waals surface area contributed by atoms with Crippen LogP contribution in [0.5, 0.6) is 0 Å². The van der Waals surface area contributed by atoms with E-state index < -0.39 is 5.41 Å². The Bertz CT molecular complexity index is 474. The van der Waals surface area contributed by atoms with Crippen LogP contribution in [-0.4, -0.2) is 37.0 Å². The van der Waals surface area contributed by atoms with Crippen LogP contribution in [0.15, 0.2) is 24.3 Å². The van der Waals surface area contributed by atoms with Crippen molar-refractivity contribution in [1.29, 1.82) is 0 Å². The number of nitrogens with one attached hydrogen (secondary N) is 1. The number of carbonyl (C=O) groups excluding carboxylic acids is 1. The van der Waals surface area contributed by atoms with E-state index in [0.29, 0.717) is 11.1 Å². The topological polar surface area (TPSA) is 32.3 Å². The van der Waals surface area contributed by atoms with Crippen molar-refractivity contribution in [3.05, 3.63) is 34.9 Å². The smallest absolute Gasteiger partial charge is 0.232 e. The van der Waals surface area contributed by atoms with Gasteiger partial charge in [0.15, 0.2) is 0 Å². The molecule has 1 atom stereocenters. The first kappa shape index (κ1) is 18.3. The van der Waals surface area contributed by atoms with Gasteiger partial charge < -0.3 is 10.2 Å². The Kier molecular flexibility index (Phi) is 6.51. The van der Waals surface area contributed by atoms with Crippen LogP contribution in [0.4, 0.5) is 0 Å². The van der Waals surface area contributed by atoms with Gasteiger partial charge in [0.25, 0.3) is 0 Å². The van der Waals surface area contributed by atoms with Gasteiger partial charge in [-0.15, -0.1) is 12.4 Å². The fourth-order valence-corrected chi connectivity index (χ4v) is 2.91. The van der Waals surface area contributed by atoms with E-state index >= 15 is 0 Å². The summed E-state index contributed by atoms with van der Waals surface area (Å²) in [5, 5.41) is 3.98. The summed E-state index contributed by atoms with van der Waals surface area (Å²) in [5.41, 5.74) is 0.499. The first-order valence-electron chi connectivity index (χ1n) is 7.18. The lowest BCUT2D eigenvalue weighted by Gasteiger charge is -2.37. The molecule has 21 heavy (non-hydrogen) atoms. The molecule has 1 heterocycles. The minimum atomic E-state index is -0.514. The first-order valence-corrected chi connectivity index (χ1v) is 7.55. The molecule has 0 radical (unpaired) electrons. The SMILES string of the molecule is CNC1CCCN(C(=O)C(C)(C)c2ccc(Cl)cc2)C1.Cl. The number of nitrogens with zero attached hydrogens (tertiary/aromatic N) is 1. The lowest BCUT2D eigenvalue weighted by Crippen LogP contribution is -2.51. The number of hydrogen-bond acceptors (Lipinski definition) is 2. The van der Waals surface area contributed by atoms with Crippen LogP contribution in [0.25, 0.3) is 0 Å². The van der Waals surface area contributed by atoms with Gasteiger partial charge in [0.2, 0.25) is 5.91 Å². The molecule has 118 valence electrons. The third kappa shape index (κ3) is 4.12. The van der Waals surface area contributed by atoms with Crippen molar-refractivity contribution in [2.75, 3.05) is 20.1 Å². The van der Waals surface area contributed by atoms with E-state index in [9.17, 15) is 4.79 Å². The second-order valence-corrected chi connectivity index (χ2v) is 6.45. The van der Waals surface area contributed by atoms with Crippen LogP contribution >= 0.6 is 24.0 Å². The van der Waals surface area contributed by atoms with Gasteiger partial charge in [-0.25, -0.2) is 0 Å². The number of benzene rings is 1. The molecule has 0 spiro atoms.